The molecular weight excluding hydrogens is 128 g/mol. The smallest absolute Gasteiger partial charge is 0.115 e. The molecule has 0 radical (unpaired) electrons. The SMILES string of the molecule is O[C@H]1CCc2cncnc21. The van der Waals surface area contributed by atoms with E-state index in [1.54, 1.807) is 6.20 Å². The number of hydrogen-bond acceptors (Lipinski definition) is 3. The van der Waals surface area contributed by atoms with Gasteiger partial charge < -0.3 is 5.11 Å². The molecule has 1 N–H and O–H groups in total. The minimum Gasteiger partial charge on any atom is -0.387 e. The molecule has 0 saturated carbocycles. The van der Waals surface area contributed by atoms with Crippen molar-refractivity contribution in [2.45, 2.75) is 18.9 Å². The molecule has 0 spiro atoms. The largest absolute Gasteiger partial charge is 0.387 e. The highest BCUT2D eigenvalue weighted by Crippen LogP contribution is 2.27. The fraction of sp³-hybridized carbons (Fsp3) is 0.429. The number of aromatic nitrogens is 2. The molecule has 0 bridgehead atoms. The molecule has 3 heteroatoms. The summed E-state index contributed by atoms with van der Waals surface area (Å²) in [5.74, 6) is 0. The van der Waals surface area contributed by atoms with Gasteiger partial charge in [0, 0.05) is 6.20 Å². The van der Waals surface area contributed by atoms with E-state index in [9.17, 15) is 5.11 Å². The molecule has 0 amide bonds. The lowest BCUT2D eigenvalue weighted by Crippen LogP contribution is -1.94. The molecule has 2 rings (SSSR count). The van der Waals surface area contributed by atoms with Crippen molar-refractivity contribution < 1.29 is 5.11 Å². The summed E-state index contributed by atoms with van der Waals surface area (Å²) in [5.41, 5.74) is 1.91. The van der Waals surface area contributed by atoms with Crippen molar-refractivity contribution in [3.8, 4) is 0 Å². The van der Waals surface area contributed by atoms with E-state index in [0.29, 0.717) is 0 Å². The van der Waals surface area contributed by atoms with Crippen molar-refractivity contribution in [1.29, 1.82) is 0 Å². The van der Waals surface area contributed by atoms with Gasteiger partial charge in [-0.05, 0) is 18.4 Å². The summed E-state index contributed by atoms with van der Waals surface area (Å²) >= 11 is 0. The Labute approximate surface area is 58.8 Å². The lowest BCUT2D eigenvalue weighted by atomic mass is 10.3. The van der Waals surface area contributed by atoms with Crippen LogP contribution < -0.4 is 0 Å². The zero-order valence-corrected chi connectivity index (χ0v) is 5.49. The third kappa shape index (κ3) is 0.708. The van der Waals surface area contributed by atoms with Crippen molar-refractivity contribution in [3.63, 3.8) is 0 Å². The average Bonchev–Trinajstić information content (AvgIpc) is 2.34. The summed E-state index contributed by atoms with van der Waals surface area (Å²) in [7, 11) is 0. The van der Waals surface area contributed by atoms with Crippen LogP contribution in [0.25, 0.3) is 0 Å². The Hall–Kier alpha value is -0.960. The molecule has 0 fully saturated rings. The first-order valence-electron chi connectivity index (χ1n) is 3.35. The first-order valence-corrected chi connectivity index (χ1v) is 3.35. The topological polar surface area (TPSA) is 46.0 Å². The van der Waals surface area contributed by atoms with Crippen molar-refractivity contribution in [1.82, 2.24) is 9.97 Å². The number of aryl methyl sites for hydroxylation is 1. The molecule has 1 aromatic rings. The van der Waals surface area contributed by atoms with E-state index < -0.39 is 0 Å². The monoisotopic (exact) mass is 136 g/mol. The Morgan fingerprint density at radius 1 is 1.60 bits per heavy atom. The molecule has 1 aliphatic rings. The van der Waals surface area contributed by atoms with Gasteiger partial charge in [0.05, 0.1) is 11.8 Å². The molecule has 10 heavy (non-hydrogen) atoms. The number of fused-ring (bicyclic) bond motifs is 1. The second-order valence-corrected chi connectivity index (χ2v) is 2.49. The third-order valence-electron chi connectivity index (χ3n) is 1.83. The molecule has 1 atom stereocenters. The van der Waals surface area contributed by atoms with Gasteiger partial charge in [-0.25, -0.2) is 9.97 Å². The van der Waals surface area contributed by atoms with Crippen molar-refractivity contribution in [2.24, 2.45) is 0 Å². The fourth-order valence-electron chi connectivity index (χ4n) is 1.29. The fourth-order valence-corrected chi connectivity index (χ4v) is 1.29. The van der Waals surface area contributed by atoms with Crippen LogP contribution in [0, 0.1) is 0 Å². The van der Waals surface area contributed by atoms with E-state index in [-0.39, 0.29) is 6.10 Å². The highest BCUT2D eigenvalue weighted by atomic mass is 16.3. The summed E-state index contributed by atoms with van der Waals surface area (Å²) in [6.45, 7) is 0. The Bertz CT molecular complexity index is 249. The summed E-state index contributed by atoms with van der Waals surface area (Å²) in [6, 6.07) is 0. The summed E-state index contributed by atoms with van der Waals surface area (Å²) in [6.07, 6.45) is 4.62. The first kappa shape index (κ1) is 5.80. The minimum atomic E-state index is -0.349. The van der Waals surface area contributed by atoms with E-state index in [1.165, 1.54) is 6.33 Å². The Kier molecular flexibility index (Phi) is 1.17. The van der Waals surface area contributed by atoms with Crippen LogP contribution in [0.2, 0.25) is 0 Å². The molecule has 3 nitrogen and oxygen atoms in total. The zero-order chi connectivity index (χ0) is 6.97. The Morgan fingerprint density at radius 2 is 2.50 bits per heavy atom. The maximum Gasteiger partial charge on any atom is 0.115 e. The number of hydrogen-bond donors (Lipinski definition) is 1. The third-order valence-corrected chi connectivity index (χ3v) is 1.83. The maximum atomic E-state index is 9.29. The van der Waals surface area contributed by atoms with Crippen molar-refractivity contribution >= 4 is 0 Å². The van der Waals surface area contributed by atoms with Crippen LogP contribution in [0.15, 0.2) is 12.5 Å². The van der Waals surface area contributed by atoms with E-state index in [0.717, 1.165) is 24.1 Å². The molecule has 0 aromatic carbocycles. The molecule has 52 valence electrons. The van der Waals surface area contributed by atoms with Gasteiger partial charge in [-0.2, -0.15) is 0 Å². The second-order valence-electron chi connectivity index (χ2n) is 2.49. The van der Waals surface area contributed by atoms with Gasteiger partial charge in [-0.15, -0.1) is 0 Å². The predicted molar refractivity (Wildman–Crippen MR) is 35.3 cm³/mol. The molecule has 1 aromatic heterocycles. The van der Waals surface area contributed by atoms with Crippen LogP contribution in [0.4, 0.5) is 0 Å². The quantitative estimate of drug-likeness (QED) is 0.563. The summed E-state index contributed by atoms with van der Waals surface area (Å²) in [4.78, 5) is 7.85. The molecule has 0 aliphatic heterocycles. The van der Waals surface area contributed by atoms with Crippen LogP contribution in [0.5, 0.6) is 0 Å². The highest BCUT2D eigenvalue weighted by Gasteiger charge is 2.20. The number of nitrogens with zero attached hydrogens (tertiary/aromatic N) is 2. The van der Waals surface area contributed by atoms with Gasteiger partial charge in [0.2, 0.25) is 0 Å². The number of rotatable bonds is 0. The van der Waals surface area contributed by atoms with E-state index in [2.05, 4.69) is 9.97 Å². The van der Waals surface area contributed by atoms with Gasteiger partial charge in [0.15, 0.2) is 0 Å². The maximum absolute atomic E-state index is 9.29. The lowest BCUT2D eigenvalue weighted by Gasteiger charge is -1.98. The molecule has 1 heterocycles. The van der Waals surface area contributed by atoms with Crippen LogP contribution in [-0.4, -0.2) is 15.1 Å². The van der Waals surface area contributed by atoms with Gasteiger partial charge in [0.25, 0.3) is 0 Å². The van der Waals surface area contributed by atoms with Crippen LogP contribution >= 0.6 is 0 Å². The van der Waals surface area contributed by atoms with Gasteiger partial charge in [0.1, 0.15) is 6.33 Å². The molecule has 0 unspecified atom stereocenters. The number of aliphatic hydroxyl groups is 1. The van der Waals surface area contributed by atoms with Crippen molar-refractivity contribution in [3.05, 3.63) is 23.8 Å². The second kappa shape index (κ2) is 2.02. The minimum absolute atomic E-state index is 0.349. The summed E-state index contributed by atoms with van der Waals surface area (Å²) in [5, 5.41) is 9.29. The van der Waals surface area contributed by atoms with Crippen LogP contribution in [0.1, 0.15) is 23.8 Å². The van der Waals surface area contributed by atoms with Gasteiger partial charge in [-0.1, -0.05) is 0 Å². The predicted octanol–water partition coefficient (Wildman–Crippen LogP) is 0.456. The van der Waals surface area contributed by atoms with E-state index >= 15 is 0 Å². The molecule has 1 aliphatic carbocycles. The van der Waals surface area contributed by atoms with Gasteiger partial charge >= 0.3 is 0 Å². The van der Waals surface area contributed by atoms with Gasteiger partial charge in [-0.3, -0.25) is 0 Å². The average molecular weight is 136 g/mol. The van der Waals surface area contributed by atoms with E-state index in [4.69, 9.17) is 0 Å². The molecule has 0 saturated heterocycles. The highest BCUT2D eigenvalue weighted by molar-refractivity contribution is 5.23. The molecular formula is C7H8N2O. The normalized spacial score (nSPS) is 22.7. The van der Waals surface area contributed by atoms with Crippen LogP contribution in [-0.2, 0) is 6.42 Å². The standard InChI is InChI=1S/C7H8N2O/c10-6-2-1-5-3-8-4-9-7(5)6/h3-4,6,10H,1-2H2/t6-/m0/s1. The Morgan fingerprint density at radius 3 is 3.30 bits per heavy atom. The summed E-state index contributed by atoms with van der Waals surface area (Å²) < 4.78 is 0. The van der Waals surface area contributed by atoms with Crippen LogP contribution in [0.3, 0.4) is 0 Å². The van der Waals surface area contributed by atoms with Crippen molar-refractivity contribution in [2.75, 3.05) is 0 Å². The van der Waals surface area contributed by atoms with E-state index in [1.807, 2.05) is 0 Å². The number of aliphatic hydroxyl groups excluding tert-OH is 1. The Balaban J connectivity index is 2.51. The lowest BCUT2D eigenvalue weighted by molar-refractivity contribution is 0.175. The first-order chi connectivity index (χ1) is 4.88. The zero-order valence-electron chi connectivity index (χ0n) is 5.49.